The number of thioether (sulfide) groups is 1. The monoisotopic (exact) mass is 993 g/mol. The number of benzene rings is 2. The summed E-state index contributed by atoms with van der Waals surface area (Å²) in [5.41, 5.74) is 2.59. The van der Waals surface area contributed by atoms with Gasteiger partial charge in [-0.15, -0.1) is 18.3 Å². The lowest BCUT2D eigenvalue weighted by Gasteiger charge is -2.59. The third kappa shape index (κ3) is 15.4. The molecular formula is C56H84N2O11S. The Hall–Kier alpha value is -3.63. The van der Waals surface area contributed by atoms with Crippen molar-refractivity contribution in [3.63, 3.8) is 0 Å². The van der Waals surface area contributed by atoms with Crippen LogP contribution in [0.1, 0.15) is 147 Å². The smallest absolute Gasteiger partial charge is 0.410 e. The van der Waals surface area contributed by atoms with Crippen molar-refractivity contribution >= 4 is 23.6 Å². The second-order valence-corrected chi connectivity index (χ2v) is 20.2. The summed E-state index contributed by atoms with van der Waals surface area (Å²) in [5.74, 6) is -0.0912. The number of allylic oxidation sites excluding steroid dienone is 1. The molecule has 0 aromatic heterocycles. The zero-order valence-corrected chi connectivity index (χ0v) is 43.1. The Labute approximate surface area is 422 Å². The Balaban J connectivity index is 1.44. The highest BCUT2D eigenvalue weighted by Crippen LogP contribution is 2.62. The van der Waals surface area contributed by atoms with E-state index >= 15 is 0 Å². The molecule has 2 aliphatic carbocycles. The van der Waals surface area contributed by atoms with Crippen molar-refractivity contribution in [1.82, 2.24) is 4.90 Å². The number of ether oxygens (including phenoxy) is 6. The van der Waals surface area contributed by atoms with Crippen LogP contribution in [0.4, 0.5) is 4.79 Å². The van der Waals surface area contributed by atoms with Gasteiger partial charge in [0, 0.05) is 49.0 Å². The van der Waals surface area contributed by atoms with Crippen molar-refractivity contribution in [3.8, 4) is 17.2 Å². The number of rotatable bonds is 33. The molecule has 1 unspecified atom stereocenters. The summed E-state index contributed by atoms with van der Waals surface area (Å²) in [5, 5.41) is 34.8. The molecule has 1 amide bonds. The van der Waals surface area contributed by atoms with Crippen LogP contribution in [0, 0.1) is 17.8 Å². The molecule has 2 heterocycles. The summed E-state index contributed by atoms with van der Waals surface area (Å²) >= 11 is 1.67. The number of carbonyl (C=O) groups is 1. The van der Waals surface area contributed by atoms with Crippen LogP contribution in [0.15, 0.2) is 76.8 Å². The number of unbranched alkanes of at least 4 members (excludes halogenated alkanes) is 11. The van der Waals surface area contributed by atoms with Crippen LogP contribution in [0.5, 0.6) is 17.2 Å². The van der Waals surface area contributed by atoms with E-state index in [0.717, 1.165) is 73.8 Å². The molecule has 3 N–H and O–H groups in total. The summed E-state index contributed by atoms with van der Waals surface area (Å²) < 4.78 is 39.3. The lowest BCUT2D eigenvalue weighted by molar-refractivity contribution is -0.256. The first-order chi connectivity index (χ1) is 34.4. The molecular weight excluding hydrogens is 909 g/mol. The SMILES string of the molecule is C=CCO[C@@]12Oc3ccc(Oc4ccc(SC)cc4)cc3[C@H]3[C@H](CCCCO)[C@@H](CCCCO)C=C(C(=NOC4CCCCO4)C[C@@H]1N(CCOCCO)C(=O)OCCCCCCCCCCCC)[C@H]32. The predicted molar refractivity (Wildman–Crippen MR) is 276 cm³/mol. The van der Waals surface area contributed by atoms with Crippen LogP contribution in [0.3, 0.4) is 0 Å². The molecule has 390 valence electrons. The summed E-state index contributed by atoms with van der Waals surface area (Å²) in [6, 6.07) is 13.2. The molecule has 6 rings (SSSR count). The number of hydrogen-bond donors (Lipinski definition) is 3. The van der Waals surface area contributed by atoms with Crippen LogP contribution in [0.2, 0.25) is 0 Å². The van der Waals surface area contributed by atoms with Crippen molar-refractivity contribution in [2.75, 3.05) is 65.7 Å². The molecule has 14 heteroatoms. The Bertz CT molecular complexity index is 1910. The molecule has 7 atom stereocenters. The average Bonchev–Trinajstić information content (AvgIpc) is 3.38. The number of aliphatic hydroxyl groups is 3. The fourth-order valence-electron chi connectivity index (χ4n) is 10.9. The van der Waals surface area contributed by atoms with Gasteiger partial charge in [0.15, 0.2) is 0 Å². The van der Waals surface area contributed by atoms with E-state index in [0.29, 0.717) is 48.8 Å². The van der Waals surface area contributed by atoms with Gasteiger partial charge in [0.1, 0.15) is 23.3 Å². The average molecular weight is 993 g/mol. The van der Waals surface area contributed by atoms with Gasteiger partial charge in [-0.3, -0.25) is 4.90 Å². The van der Waals surface area contributed by atoms with E-state index in [2.05, 4.69) is 25.6 Å². The van der Waals surface area contributed by atoms with Crippen molar-refractivity contribution in [2.45, 2.75) is 164 Å². The molecule has 2 aromatic rings. The Kier molecular flexibility index (Phi) is 24.2. The molecule has 0 spiro atoms. The van der Waals surface area contributed by atoms with Crippen molar-refractivity contribution < 1.29 is 53.4 Å². The van der Waals surface area contributed by atoms with E-state index in [-0.39, 0.29) is 77.0 Å². The molecule has 4 aliphatic rings. The molecule has 70 heavy (non-hydrogen) atoms. The van der Waals surface area contributed by atoms with Gasteiger partial charge in [-0.1, -0.05) is 94.9 Å². The highest BCUT2D eigenvalue weighted by molar-refractivity contribution is 7.98. The fourth-order valence-corrected chi connectivity index (χ4v) is 11.4. The van der Waals surface area contributed by atoms with Crippen LogP contribution < -0.4 is 9.47 Å². The molecule has 1 saturated heterocycles. The van der Waals surface area contributed by atoms with Gasteiger partial charge in [0.2, 0.25) is 12.1 Å². The first-order valence-electron chi connectivity index (χ1n) is 26.7. The van der Waals surface area contributed by atoms with Gasteiger partial charge in [-0.2, -0.15) is 0 Å². The van der Waals surface area contributed by atoms with E-state index in [1.54, 1.807) is 22.7 Å². The summed E-state index contributed by atoms with van der Waals surface area (Å²) in [6.07, 6.45) is 24.2. The Morgan fingerprint density at radius 3 is 2.29 bits per heavy atom. The Morgan fingerprint density at radius 2 is 1.60 bits per heavy atom. The summed E-state index contributed by atoms with van der Waals surface area (Å²) in [4.78, 5) is 24.0. The summed E-state index contributed by atoms with van der Waals surface area (Å²) in [6.45, 7) is 7.75. The third-order valence-corrected chi connectivity index (χ3v) is 15.1. The van der Waals surface area contributed by atoms with Crippen molar-refractivity contribution in [2.24, 2.45) is 22.9 Å². The van der Waals surface area contributed by atoms with Crippen molar-refractivity contribution in [1.29, 1.82) is 0 Å². The standard InChI is InChI=1S/C56H84N2O11S/c1-4-6-7-8-9-10-11-12-13-19-36-65-55(62)58(30-37-63-38-33-61)51-41-49(57-69-52-23-16-20-35-64-52)47-39-42(21-14-17-31-59)46(22-15-18-32-60)53-48-40-44(67-43-24-27-45(70-3)28-25-43)26-29-50(48)68-56(51,54(47)53)66-34-5-2/h5,24-29,39-40,42,46,51-54,59-61H,2,4,6-23,30-38,41H2,1,3H3/t42-,46+,51-,52?,53+,54+,56+/m0/s1. The maximum atomic E-state index is 14.9. The predicted octanol–water partition coefficient (Wildman–Crippen LogP) is 11.7. The van der Waals surface area contributed by atoms with Crippen LogP contribution >= 0.6 is 11.8 Å². The van der Waals surface area contributed by atoms with Gasteiger partial charge in [-0.05, 0) is 111 Å². The number of carbonyl (C=O) groups excluding carboxylic acids is 1. The fraction of sp³-hybridized carbons (Fsp3) is 0.679. The molecule has 2 aromatic carbocycles. The first-order valence-corrected chi connectivity index (χ1v) is 27.9. The highest BCUT2D eigenvalue weighted by atomic mass is 32.2. The minimum atomic E-state index is -1.47. The quantitative estimate of drug-likeness (QED) is 0.0269. The van der Waals surface area contributed by atoms with Gasteiger partial charge in [0.25, 0.3) is 0 Å². The van der Waals surface area contributed by atoms with Gasteiger partial charge in [0.05, 0.1) is 51.3 Å². The second-order valence-electron chi connectivity index (χ2n) is 19.3. The lowest BCUT2D eigenvalue weighted by Crippen LogP contribution is -2.70. The van der Waals surface area contributed by atoms with Crippen LogP contribution in [0.25, 0.3) is 0 Å². The topological polar surface area (TPSA) is 158 Å². The maximum absolute atomic E-state index is 14.9. The van der Waals surface area contributed by atoms with E-state index in [1.165, 1.54) is 44.9 Å². The third-order valence-electron chi connectivity index (χ3n) is 14.4. The molecule has 0 radical (unpaired) electrons. The zero-order chi connectivity index (χ0) is 49.4. The number of nitrogens with zero attached hydrogens (tertiary/aromatic N) is 2. The molecule has 2 fully saturated rings. The number of oxime groups is 1. The second kappa shape index (κ2) is 30.4. The van der Waals surface area contributed by atoms with Gasteiger partial charge in [-0.25, -0.2) is 4.79 Å². The first kappa shape index (κ1) is 55.7. The molecule has 2 aliphatic heterocycles. The minimum absolute atomic E-state index is 0.0386. The number of amides is 1. The Morgan fingerprint density at radius 1 is 0.871 bits per heavy atom. The van der Waals surface area contributed by atoms with Crippen LogP contribution in [-0.4, -0.2) is 116 Å². The largest absolute Gasteiger partial charge is 0.459 e. The van der Waals surface area contributed by atoms with Crippen molar-refractivity contribution in [3.05, 3.63) is 72.3 Å². The number of hydrogen-bond acceptors (Lipinski definition) is 13. The molecule has 1 saturated carbocycles. The van der Waals surface area contributed by atoms with E-state index in [1.807, 2.05) is 42.7 Å². The van der Waals surface area contributed by atoms with Gasteiger partial charge < -0.3 is 48.6 Å². The van der Waals surface area contributed by atoms with E-state index in [9.17, 15) is 20.1 Å². The number of fused-ring (bicyclic) bond motifs is 2. The molecule has 0 bridgehead atoms. The van der Waals surface area contributed by atoms with E-state index in [4.69, 9.17) is 38.4 Å². The lowest BCUT2D eigenvalue weighted by atomic mass is 9.55. The highest BCUT2D eigenvalue weighted by Gasteiger charge is 2.65. The summed E-state index contributed by atoms with van der Waals surface area (Å²) in [7, 11) is 0. The molecule has 13 nitrogen and oxygen atoms in total. The van der Waals surface area contributed by atoms with Gasteiger partial charge >= 0.3 is 6.09 Å². The normalized spacial score (nSPS) is 24.2. The number of aliphatic hydroxyl groups excluding tert-OH is 3. The van der Waals surface area contributed by atoms with E-state index < -0.39 is 30.1 Å². The van der Waals surface area contributed by atoms with Crippen LogP contribution in [-0.2, 0) is 23.8 Å². The zero-order valence-electron chi connectivity index (χ0n) is 42.3. The minimum Gasteiger partial charge on any atom is -0.459 e. The maximum Gasteiger partial charge on any atom is 0.410 e.